The Labute approximate surface area is 183 Å². The lowest BCUT2D eigenvalue weighted by molar-refractivity contribution is -0.129. The molecule has 0 radical (unpaired) electrons. The van der Waals surface area contributed by atoms with Crippen molar-refractivity contribution in [3.63, 3.8) is 0 Å². The number of hydrogen-bond acceptors (Lipinski definition) is 5. The molecule has 7 N–H and O–H groups in total. The van der Waals surface area contributed by atoms with Crippen LogP contribution in [0.5, 0.6) is 0 Å². The first-order chi connectivity index (χ1) is 14.4. The highest BCUT2D eigenvalue weighted by Crippen LogP contribution is 2.07. The molecule has 0 fully saturated rings. The third-order valence-corrected chi connectivity index (χ3v) is 5.25. The van der Waals surface area contributed by atoms with Crippen molar-refractivity contribution in [3.8, 4) is 0 Å². The first-order valence-corrected chi connectivity index (χ1v) is 11.1. The number of carbonyl (C=O) groups is 2. The van der Waals surface area contributed by atoms with Crippen molar-refractivity contribution < 1.29 is 11.0 Å². The molecule has 2 rings (SSSR count). The Bertz CT molecular complexity index is 849. The van der Waals surface area contributed by atoms with Crippen LogP contribution >= 0.6 is 11.8 Å². The molecule has 0 aliphatic carbocycles. The van der Waals surface area contributed by atoms with Gasteiger partial charge in [0.25, 0.3) is 0 Å². The second-order valence-corrected chi connectivity index (χ2v) is 7.95. The zero-order chi connectivity index (χ0) is 21.9. The molecule has 0 unspecified atom stereocenters. The van der Waals surface area contributed by atoms with E-state index in [9.17, 15) is 9.59 Å². The number of amidine groups is 1. The van der Waals surface area contributed by atoms with E-state index in [1.807, 2.05) is 48.7 Å². The van der Waals surface area contributed by atoms with Crippen molar-refractivity contribution in [2.75, 3.05) is 12.0 Å². The van der Waals surface area contributed by atoms with Gasteiger partial charge in [-0.05, 0) is 36.0 Å². The van der Waals surface area contributed by atoms with Crippen LogP contribution in [-0.2, 0) is 22.6 Å². The van der Waals surface area contributed by atoms with Gasteiger partial charge in [0.1, 0.15) is 11.9 Å². The SMILES string of the molecule is CSCC[C@H](NC(=O)[C@H](N)Cc1ccccc1)C(=O)NCc1ccc(C(=N)N)cc1.[HH]. The number of carbonyl (C=O) groups excluding carboxylic acids is 2. The highest BCUT2D eigenvalue weighted by molar-refractivity contribution is 7.98. The number of amides is 2. The molecule has 0 saturated carbocycles. The van der Waals surface area contributed by atoms with Gasteiger partial charge in [0.05, 0.1) is 6.04 Å². The number of hydrogen-bond donors (Lipinski definition) is 5. The van der Waals surface area contributed by atoms with Crippen molar-refractivity contribution in [3.05, 3.63) is 71.3 Å². The molecule has 0 saturated heterocycles. The Morgan fingerprint density at radius 1 is 1.07 bits per heavy atom. The number of benzene rings is 2. The van der Waals surface area contributed by atoms with Crippen molar-refractivity contribution >= 4 is 29.4 Å². The van der Waals surface area contributed by atoms with Gasteiger partial charge < -0.3 is 22.1 Å². The summed E-state index contributed by atoms with van der Waals surface area (Å²) >= 11 is 1.61. The molecule has 0 heterocycles. The molecule has 8 heteroatoms. The maximum absolute atomic E-state index is 12.7. The summed E-state index contributed by atoms with van der Waals surface area (Å²) in [5.41, 5.74) is 14.0. The molecule has 2 aromatic carbocycles. The lowest BCUT2D eigenvalue weighted by atomic mass is 10.1. The van der Waals surface area contributed by atoms with E-state index in [0.29, 0.717) is 24.9 Å². The largest absolute Gasteiger partial charge is 0.384 e. The summed E-state index contributed by atoms with van der Waals surface area (Å²) in [6.45, 7) is 0.318. The van der Waals surface area contributed by atoms with Crippen molar-refractivity contribution in [1.29, 1.82) is 5.41 Å². The third-order valence-electron chi connectivity index (χ3n) is 4.61. The van der Waals surface area contributed by atoms with Crippen LogP contribution in [0.2, 0.25) is 0 Å². The molecule has 2 atom stereocenters. The van der Waals surface area contributed by atoms with Gasteiger partial charge in [-0.3, -0.25) is 15.0 Å². The molecular formula is C22H31N5O2S. The second kappa shape index (κ2) is 12.0. The van der Waals surface area contributed by atoms with Gasteiger partial charge in [-0.2, -0.15) is 11.8 Å². The lowest BCUT2D eigenvalue weighted by Gasteiger charge is -2.20. The standard InChI is InChI=1S/C22H29N5O2S.H2/c1-30-12-11-19(27-21(28)18(23)13-15-5-3-2-4-6-15)22(29)26-14-16-7-9-17(10-8-16)20(24)25;/h2-10,18-19H,11-14,23H2,1H3,(H3,24,25)(H,26,29)(H,27,28);1H/t18-,19+;/m1./s1. The van der Waals surface area contributed by atoms with Crippen LogP contribution in [0.25, 0.3) is 0 Å². The highest BCUT2D eigenvalue weighted by atomic mass is 32.2. The third kappa shape index (κ3) is 7.53. The zero-order valence-corrected chi connectivity index (χ0v) is 17.9. The first-order valence-electron chi connectivity index (χ1n) is 9.70. The molecule has 0 aliphatic rings. The maximum Gasteiger partial charge on any atom is 0.242 e. The maximum atomic E-state index is 12.7. The number of nitrogen functional groups attached to an aromatic ring is 1. The highest BCUT2D eigenvalue weighted by Gasteiger charge is 2.23. The number of rotatable bonds is 11. The topological polar surface area (TPSA) is 134 Å². The van der Waals surface area contributed by atoms with Crippen molar-refractivity contribution in [2.24, 2.45) is 11.5 Å². The summed E-state index contributed by atoms with van der Waals surface area (Å²) in [6.07, 6.45) is 2.88. The van der Waals surface area contributed by atoms with Crippen LogP contribution in [0.1, 0.15) is 24.5 Å². The van der Waals surface area contributed by atoms with E-state index < -0.39 is 12.1 Å². The molecular weight excluding hydrogens is 398 g/mol. The van der Waals surface area contributed by atoms with E-state index >= 15 is 0 Å². The van der Waals surface area contributed by atoms with Crippen LogP contribution in [0.3, 0.4) is 0 Å². The van der Waals surface area contributed by atoms with E-state index in [-0.39, 0.29) is 19.1 Å². The van der Waals surface area contributed by atoms with Gasteiger partial charge in [0.15, 0.2) is 0 Å². The van der Waals surface area contributed by atoms with Crippen LogP contribution in [0.15, 0.2) is 54.6 Å². The minimum atomic E-state index is -0.726. The fraction of sp³-hybridized carbons (Fsp3) is 0.318. The first kappa shape index (κ1) is 23.4. The normalized spacial score (nSPS) is 12.6. The van der Waals surface area contributed by atoms with E-state index in [4.69, 9.17) is 16.9 Å². The summed E-state index contributed by atoms with van der Waals surface area (Å²) in [5, 5.41) is 13.1. The fourth-order valence-corrected chi connectivity index (χ4v) is 3.33. The van der Waals surface area contributed by atoms with E-state index in [2.05, 4.69) is 10.6 Å². The van der Waals surface area contributed by atoms with E-state index in [1.54, 1.807) is 23.9 Å². The summed E-state index contributed by atoms with van der Waals surface area (Å²) in [5.74, 6) is 0.141. The van der Waals surface area contributed by atoms with Crippen LogP contribution in [-0.4, -0.2) is 41.7 Å². The number of thioether (sulfide) groups is 1. The molecule has 7 nitrogen and oxygen atoms in total. The molecule has 0 bridgehead atoms. The minimum absolute atomic E-state index is 0. The second-order valence-electron chi connectivity index (χ2n) is 6.97. The summed E-state index contributed by atoms with van der Waals surface area (Å²) < 4.78 is 0. The van der Waals surface area contributed by atoms with Crippen LogP contribution in [0, 0.1) is 5.41 Å². The Balaban J connectivity index is 0.00000480. The fourth-order valence-electron chi connectivity index (χ4n) is 2.86. The molecule has 2 amide bonds. The predicted molar refractivity (Wildman–Crippen MR) is 124 cm³/mol. The Kier molecular flexibility index (Phi) is 9.37. The van der Waals surface area contributed by atoms with Gasteiger partial charge in [-0.1, -0.05) is 54.6 Å². The van der Waals surface area contributed by atoms with E-state index in [1.165, 1.54) is 0 Å². The lowest BCUT2D eigenvalue weighted by Crippen LogP contribution is -2.52. The summed E-state index contributed by atoms with van der Waals surface area (Å²) in [6, 6.07) is 15.3. The van der Waals surface area contributed by atoms with Gasteiger partial charge in [0, 0.05) is 13.5 Å². The molecule has 162 valence electrons. The smallest absolute Gasteiger partial charge is 0.242 e. The minimum Gasteiger partial charge on any atom is -0.384 e. The van der Waals surface area contributed by atoms with Crippen molar-refractivity contribution in [2.45, 2.75) is 31.5 Å². The Morgan fingerprint density at radius 3 is 2.33 bits per heavy atom. The van der Waals surface area contributed by atoms with Gasteiger partial charge in [0.2, 0.25) is 11.8 Å². The quantitative estimate of drug-likeness (QED) is 0.273. The number of nitrogens with two attached hydrogens (primary N) is 2. The monoisotopic (exact) mass is 429 g/mol. The summed E-state index contributed by atoms with van der Waals surface area (Å²) in [7, 11) is 0. The molecule has 2 aromatic rings. The number of nitrogens with one attached hydrogen (secondary N) is 3. The Hall–Kier alpha value is -2.84. The Morgan fingerprint density at radius 2 is 1.73 bits per heavy atom. The summed E-state index contributed by atoms with van der Waals surface area (Å²) in [4.78, 5) is 25.2. The average molecular weight is 430 g/mol. The zero-order valence-electron chi connectivity index (χ0n) is 17.1. The average Bonchev–Trinajstić information content (AvgIpc) is 2.75. The van der Waals surface area contributed by atoms with Crippen LogP contribution in [0.4, 0.5) is 0 Å². The predicted octanol–water partition coefficient (Wildman–Crippen LogP) is 1.64. The molecule has 0 aliphatic heterocycles. The molecule has 0 aromatic heterocycles. The van der Waals surface area contributed by atoms with Gasteiger partial charge in [-0.25, -0.2) is 0 Å². The molecule has 30 heavy (non-hydrogen) atoms. The molecule has 0 spiro atoms. The van der Waals surface area contributed by atoms with E-state index in [0.717, 1.165) is 16.9 Å². The van der Waals surface area contributed by atoms with Gasteiger partial charge >= 0.3 is 0 Å². The van der Waals surface area contributed by atoms with Crippen LogP contribution < -0.4 is 22.1 Å². The van der Waals surface area contributed by atoms with Crippen molar-refractivity contribution in [1.82, 2.24) is 10.6 Å². The van der Waals surface area contributed by atoms with Gasteiger partial charge in [-0.15, -0.1) is 0 Å².